The molecule has 0 aliphatic rings. The molecule has 0 radical (unpaired) electrons. The zero-order chi connectivity index (χ0) is 29.1. The number of nitrogens with zero attached hydrogens (tertiary/aromatic N) is 1. The number of primary amides is 1. The fraction of sp³-hybridized carbons (Fsp3) is 0.346. The first kappa shape index (κ1) is 30.4. The summed E-state index contributed by atoms with van der Waals surface area (Å²) in [5.74, 6) is -3.36. The van der Waals surface area contributed by atoms with Gasteiger partial charge in [-0.05, 0) is 36.8 Å². The summed E-state index contributed by atoms with van der Waals surface area (Å²) in [4.78, 5) is 70.7. The van der Waals surface area contributed by atoms with Crippen molar-refractivity contribution >= 4 is 41.0 Å². The van der Waals surface area contributed by atoms with Gasteiger partial charge in [-0.1, -0.05) is 26.0 Å². The summed E-state index contributed by atoms with van der Waals surface area (Å²) in [5.41, 5.74) is 6.03. The van der Waals surface area contributed by atoms with Crippen LogP contribution in [0.15, 0.2) is 48.5 Å². The van der Waals surface area contributed by atoms with Crippen molar-refractivity contribution in [2.45, 2.75) is 46.3 Å². The molecular weight excluding hydrogens is 512 g/mol. The van der Waals surface area contributed by atoms with Gasteiger partial charge in [0.05, 0.1) is 16.9 Å². The summed E-state index contributed by atoms with van der Waals surface area (Å²) >= 11 is 0. The second-order valence-electron chi connectivity index (χ2n) is 9.00. The van der Waals surface area contributed by atoms with Gasteiger partial charge in [0.15, 0.2) is 5.78 Å². The van der Waals surface area contributed by atoms with E-state index in [1.807, 2.05) is 0 Å². The fourth-order valence-electron chi connectivity index (χ4n) is 3.21. The molecule has 2 rings (SSSR count). The molecule has 13 nitrogen and oxygen atoms in total. The molecular formula is C26H30N4O9. The quantitative estimate of drug-likeness (QED) is 0.147. The van der Waals surface area contributed by atoms with E-state index in [2.05, 4.69) is 10.6 Å². The number of ketones is 1. The first-order valence-corrected chi connectivity index (χ1v) is 12.0. The lowest BCUT2D eigenvalue weighted by Crippen LogP contribution is -2.42. The van der Waals surface area contributed by atoms with Crippen LogP contribution in [0.1, 0.15) is 39.2 Å². The Kier molecular flexibility index (Phi) is 11.1. The number of nitrogens with two attached hydrogens (primary N) is 1. The standard InChI is InChI=1S/C26H30N4O9/c1-15(2)24(33)28-16(3)22(31)12-18(13-23(27)32)25(34)29-19-6-4-17(5-7-19)14-38-26(35)39-21-10-8-20(9-11-21)30(36)37/h4-11,15-16,18H,12-14H2,1-3H3,(H2,27,32)(H,28,33)(H,29,34)/t16-,18-/m0/s1. The fourth-order valence-corrected chi connectivity index (χ4v) is 3.21. The van der Waals surface area contributed by atoms with Gasteiger partial charge in [0.25, 0.3) is 5.69 Å². The van der Waals surface area contributed by atoms with Gasteiger partial charge in [-0.25, -0.2) is 4.79 Å². The molecule has 0 spiro atoms. The lowest BCUT2D eigenvalue weighted by molar-refractivity contribution is -0.384. The Balaban J connectivity index is 1.91. The van der Waals surface area contributed by atoms with Crippen LogP contribution < -0.4 is 21.1 Å². The average Bonchev–Trinajstić information content (AvgIpc) is 2.87. The zero-order valence-corrected chi connectivity index (χ0v) is 21.7. The van der Waals surface area contributed by atoms with Gasteiger partial charge in [-0.3, -0.25) is 29.3 Å². The van der Waals surface area contributed by atoms with Crippen LogP contribution in [0.2, 0.25) is 0 Å². The predicted molar refractivity (Wildman–Crippen MR) is 138 cm³/mol. The molecule has 0 heterocycles. The van der Waals surface area contributed by atoms with Gasteiger partial charge in [0.2, 0.25) is 17.7 Å². The Morgan fingerprint density at radius 2 is 1.54 bits per heavy atom. The summed E-state index contributed by atoms with van der Waals surface area (Å²) in [7, 11) is 0. The normalized spacial score (nSPS) is 12.1. The number of non-ortho nitro benzene ring substituents is 1. The van der Waals surface area contributed by atoms with Gasteiger partial charge >= 0.3 is 6.16 Å². The second kappa shape index (κ2) is 14.2. The SMILES string of the molecule is CC(C)C(=O)N[C@@H](C)C(=O)C[C@@H](CC(N)=O)C(=O)Nc1ccc(COC(=O)Oc2ccc([N+](=O)[O-])cc2)cc1. The summed E-state index contributed by atoms with van der Waals surface area (Å²) in [6.07, 6.45) is -1.67. The summed E-state index contributed by atoms with van der Waals surface area (Å²) in [5, 5.41) is 15.9. The molecule has 39 heavy (non-hydrogen) atoms. The van der Waals surface area contributed by atoms with E-state index in [9.17, 15) is 34.1 Å². The molecule has 0 saturated heterocycles. The summed E-state index contributed by atoms with van der Waals surface area (Å²) < 4.78 is 9.98. The van der Waals surface area contributed by atoms with Gasteiger partial charge in [0, 0.05) is 36.6 Å². The van der Waals surface area contributed by atoms with Crippen molar-refractivity contribution in [2.75, 3.05) is 5.32 Å². The Labute approximate surface area is 224 Å². The van der Waals surface area contributed by atoms with E-state index in [1.165, 1.54) is 43.3 Å². The molecule has 2 aromatic carbocycles. The van der Waals surface area contributed by atoms with Crippen molar-refractivity contribution < 1.29 is 38.4 Å². The van der Waals surface area contributed by atoms with Crippen molar-refractivity contribution in [3.63, 3.8) is 0 Å². The molecule has 0 fully saturated rings. The van der Waals surface area contributed by atoms with Crippen molar-refractivity contribution in [3.05, 3.63) is 64.2 Å². The average molecular weight is 543 g/mol. The number of hydrogen-bond acceptors (Lipinski definition) is 9. The number of nitro benzene ring substituents is 1. The zero-order valence-electron chi connectivity index (χ0n) is 21.7. The summed E-state index contributed by atoms with van der Waals surface area (Å²) in [6, 6.07) is 10.3. The number of hydrogen-bond donors (Lipinski definition) is 3. The van der Waals surface area contributed by atoms with Crippen LogP contribution in [-0.4, -0.2) is 40.6 Å². The van der Waals surface area contributed by atoms with Crippen LogP contribution in [0, 0.1) is 22.0 Å². The van der Waals surface area contributed by atoms with Crippen molar-refractivity contribution in [1.82, 2.24) is 5.32 Å². The topological polar surface area (TPSA) is 197 Å². The highest BCUT2D eigenvalue weighted by atomic mass is 16.7. The molecule has 0 aliphatic heterocycles. The minimum absolute atomic E-state index is 0.0735. The third-order valence-electron chi connectivity index (χ3n) is 5.46. The maximum absolute atomic E-state index is 12.8. The van der Waals surface area contributed by atoms with E-state index < -0.39 is 40.6 Å². The van der Waals surface area contributed by atoms with Crippen LogP contribution >= 0.6 is 0 Å². The molecule has 0 bridgehead atoms. The molecule has 0 saturated carbocycles. The maximum atomic E-state index is 12.8. The molecule has 13 heteroatoms. The largest absolute Gasteiger partial charge is 0.514 e. The third-order valence-corrected chi connectivity index (χ3v) is 5.46. The molecule has 0 unspecified atom stereocenters. The van der Waals surface area contributed by atoms with Gasteiger partial charge in [0.1, 0.15) is 12.4 Å². The Morgan fingerprint density at radius 3 is 2.08 bits per heavy atom. The van der Waals surface area contributed by atoms with Crippen LogP contribution in [-0.2, 0) is 30.5 Å². The molecule has 2 atom stereocenters. The van der Waals surface area contributed by atoms with Gasteiger partial charge < -0.3 is 25.8 Å². The predicted octanol–water partition coefficient (Wildman–Crippen LogP) is 2.86. The van der Waals surface area contributed by atoms with Crippen molar-refractivity contribution in [1.29, 1.82) is 0 Å². The highest BCUT2D eigenvalue weighted by Crippen LogP contribution is 2.19. The van der Waals surface area contributed by atoms with Crippen LogP contribution in [0.5, 0.6) is 5.75 Å². The molecule has 0 aromatic heterocycles. The van der Waals surface area contributed by atoms with Crippen molar-refractivity contribution in [3.8, 4) is 5.75 Å². The molecule has 2 aromatic rings. The van der Waals surface area contributed by atoms with Crippen LogP contribution in [0.4, 0.5) is 16.2 Å². The Hall–Kier alpha value is -4.81. The highest BCUT2D eigenvalue weighted by Gasteiger charge is 2.27. The lowest BCUT2D eigenvalue weighted by atomic mass is 9.94. The van der Waals surface area contributed by atoms with Crippen LogP contribution in [0.3, 0.4) is 0 Å². The van der Waals surface area contributed by atoms with Crippen LogP contribution in [0.25, 0.3) is 0 Å². The number of rotatable bonds is 13. The smallest absolute Gasteiger partial charge is 0.429 e. The number of ether oxygens (including phenoxy) is 2. The number of Topliss-reactive ketones (excluding diaryl/α,β-unsaturated/α-hetero) is 1. The molecule has 0 aliphatic carbocycles. The second-order valence-corrected chi connectivity index (χ2v) is 9.00. The van der Waals surface area contributed by atoms with E-state index in [-0.39, 0.29) is 42.7 Å². The first-order chi connectivity index (χ1) is 18.3. The molecule has 4 N–H and O–H groups in total. The lowest BCUT2D eigenvalue weighted by Gasteiger charge is -2.19. The summed E-state index contributed by atoms with van der Waals surface area (Å²) in [6.45, 7) is 4.71. The van der Waals surface area contributed by atoms with Crippen molar-refractivity contribution in [2.24, 2.45) is 17.6 Å². The van der Waals surface area contributed by atoms with Gasteiger partial charge in [-0.2, -0.15) is 0 Å². The number of anilines is 1. The number of amides is 3. The maximum Gasteiger partial charge on any atom is 0.514 e. The van der Waals surface area contributed by atoms with E-state index in [0.29, 0.717) is 11.3 Å². The molecule has 3 amide bonds. The number of benzene rings is 2. The van der Waals surface area contributed by atoms with E-state index >= 15 is 0 Å². The van der Waals surface area contributed by atoms with E-state index in [1.54, 1.807) is 26.0 Å². The highest BCUT2D eigenvalue weighted by molar-refractivity contribution is 5.99. The third kappa shape index (κ3) is 10.2. The Morgan fingerprint density at radius 1 is 0.923 bits per heavy atom. The first-order valence-electron chi connectivity index (χ1n) is 12.0. The monoisotopic (exact) mass is 542 g/mol. The Bertz CT molecular complexity index is 1210. The van der Waals surface area contributed by atoms with E-state index in [4.69, 9.17) is 15.2 Å². The molecule has 208 valence electrons. The van der Waals surface area contributed by atoms with E-state index in [0.717, 1.165) is 0 Å². The number of carbonyl (C=O) groups is 5. The number of nitrogens with one attached hydrogen (secondary N) is 2. The number of carbonyl (C=O) groups excluding carboxylic acids is 5. The minimum Gasteiger partial charge on any atom is -0.429 e. The van der Waals surface area contributed by atoms with Gasteiger partial charge in [-0.15, -0.1) is 0 Å². The number of nitro groups is 1. The minimum atomic E-state index is -1.04.